The molecule has 0 bridgehead atoms. The van der Waals surface area contributed by atoms with E-state index < -0.39 is 28.1 Å². The minimum atomic E-state index is -4.05. The molecule has 142 valence electrons. The number of hydrogen-bond donors (Lipinski definition) is 2. The second-order valence-corrected chi connectivity index (χ2v) is 7.46. The lowest BCUT2D eigenvalue weighted by molar-refractivity contribution is -0.147. The first kappa shape index (κ1) is 20.6. The zero-order chi connectivity index (χ0) is 19.9. The van der Waals surface area contributed by atoms with Gasteiger partial charge >= 0.3 is 5.97 Å². The van der Waals surface area contributed by atoms with Crippen molar-refractivity contribution in [3.63, 3.8) is 0 Å². The van der Waals surface area contributed by atoms with Crippen molar-refractivity contribution < 1.29 is 23.1 Å². The molecule has 2 aromatic rings. The second-order valence-electron chi connectivity index (χ2n) is 5.74. The maximum atomic E-state index is 12.6. The number of nitrogens with one attached hydrogen (secondary N) is 1. The molecule has 0 aliphatic carbocycles. The third kappa shape index (κ3) is 5.93. The summed E-state index contributed by atoms with van der Waals surface area (Å²) in [5.41, 5.74) is 1.52. The molecule has 0 amide bonds. The molecule has 2 N–H and O–H groups in total. The van der Waals surface area contributed by atoms with Crippen molar-refractivity contribution in [3.05, 3.63) is 65.7 Å². The number of esters is 1. The van der Waals surface area contributed by atoms with Gasteiger partial charge in [0.25, 0.3) is 0 Å². The number of rotatable bonds is 6. The average molecular weight is 387 g/mol. The van der Waals surface area contributed by atoms with Gasteiger partial charge in [-0.25, -0.2) is 8.42 Å². The summed E-state index contributed by atoms with van der Waals surface area (Å²) in [4.78, 5) is 12.2. The van der Waals surface area contributed by atoms with E-state index in [1.807, 2.05) is 13.0 Å². The molecule has 0 spiro atoms. The van der Waals surface area contributed by atoms with E-state index in [0.717, 1.165) is 5.56 Å². The lowest BCUT2D eigenvalue weighted by Crippen LogP contribution is -2.49. The van der Waals surface area contributed by atoms with Crippen molar-refractivity contribution in [3.8, 4) is 11.8 Å². The van der Waals surface area contributed by atoms with Gasteiger partial charge in [0, 0.05) is 5.56 Å². The van der Waals surface area contributed by atoms with Gasteiger partial charge in [0.2, 0.25) is 10.0 Å². The Morgan fingerprint density at radius 3 is 2.37 bits per heavy atom. The Morgan fingerprint density at radius 2 is 1.78 bits per heavy atom. The first-order valence-electron chi connectivity index (χ1n) is 8.34. The summed E-state index contributed by atoms with van der Waals surface area (Å²) in [7, 11) is -4.05. The molecule has 0 saturated carbocycles. The highest BCUT2D eigenvalue weighted by Gasteiger charge is 2.32. The fraction of sp³-hybridized carbons (Fsp3) is 0.250. The van der Waals surface area contributed by atoms with E-state index in [-0.39, 0.29) is 11.5 Å². The minimum absolute atomic E-state index is 0.0226. The van der Waals surface area contributed by atoms with Crippen LogP contribution in [0.15, 0.2) is 59.5 Å². The third-order valence-corrected chi connectivity index (χ3v) is 5.06. The van der Waals surface area contributed by atoms with Crippen LogP contribution in [0, 0.1) is 18.8 Å². The quantitative estimate of drug-likeness (QED) is 0.580. The Kier molecular flexibility index (Phi) is 7.13. The van der Waals surface area contributed by atoms with E-state index in [2.05, 4.69) is 16.6 Å². The van der Waals surface area contributed by atoms with Crippen LogP contribution in [0.1, 0.15) is 18.1 Å². The van der Waals surface area contributed by atoms with E-state index in [9.17, 15) is 18.3 Å². The van der Waals surface area contributed by atoms with E-state index in [4.69, 9.17) is 4.74 Å². The summed E-state index contributed by atoms with van der Waals surface area (Å²) in [5, 5.41) is 10.3. The molecule has 6 nitrogen and oxygen atoms in total. The highest BCUT2D eigenvalue weighted by atomic mass is 32.2. The Labute approximate surface area is 159 Å². The molecule has 0 unspecified atom stereocenters. The number of aliphatic hydroxyl groups excluding tert-OH is 1. The summed E-state index contributed by atoms with van der Waals surface area (Å²) >= 11 is 0. The Morgan fingerprint density at radius 1 is 1.15 bits per heavy atom. The van der Waals surface area contributed by atoms with Gasteiger partial charge in [-0.2, -0.15) is 4.72 Å². The Balaban J connectivity index is 2.27. The molecular weight excluding hydrogens is 366 g/mol. The van der Waals surface area contributed by atoms with Crippen LogP contribution in [-0.4, -0.2) is 38.2 Å². The summed E-state index contributed by atoms with van der Waals surface area (Å²) in [6.07, 6.45) is -1.58. The standard InChI is InChI=1S/C20H21NO5S/c1-3-26-20(23)19(18(22)14-11-16-7-5-4-6-8-16)21-27(24,25)17-12-9-15(2)10-13-17/h4-10,12-13,18-19,21-22H,3H2,1-2H3/t18-,19-/m1/s1. The van der Waals surface area contributed by atoms with E-state index in [1.165, 1.54) is 12.1 Å². The Hall–Kier alpha value is -2.66. The zero-order valence-corrected chi connectivity index (χ0v) is 15.9. The van der Waals surface area contributed by atoms with Crippen LogP contribution in [0.3, 0.4) is 0 Å². The highest BCUT2D eigenvalue weighted by molar-refractivity contribution is 7.89. The van der Waals surface area contributed by atoms with E-state index >= 15 is 0 Å². The lowest BCUT2D eigenvalue weighted by Gasteiger charge is -2.19. The van der Waals surface area contributed by atoms with Crippen LogP contribution in [0.2, 0.25) is 0 Å². The topological polar surface area (TPSA) is 92.7 Å². The smallest absolute Gasteiger partial charge is 0.327 e. The molecule has 0 aliphatic rings. The van der Waals surface area contributed by atoms with Crippen molar-refractivity contribution in [2.24, 2.45) is 0 Å². The van der Waals surface area contributed by atoms with Crippen LogP contribution >= 0.6 is 0 Å². The number of carbonyl (C=O) groups excluding carboxylic acids is 1. The molecule has 2 atom stereocenters. The first-order valence-corrected chi connectivity index (χ1v) is 9.82. The summed E-state index contributed by atoms with van der Waals surface area (Å²) in [6, 6.07) is 13.4. The number of aryl methyl sites for hydroxylation is 1. The van der Waals surface area contributed by atoms with Gasteiger partial charge in [0.15, 0.2) is 6.04 Å². The lowest BCUT2D eigenvalue weighted by atomic mass is 10.1. The maximum Gasteiger partial charge on any atom is 0.327 e. The van der Waals surface area contributed by atoms with Gasteiger partial charge in [0.1, 0.15) is 6.10 Å². The van der Waals surface area contributed by atoms with Crippen molar-refractivity contribution in [2.75, 3.05) is 6.61 Å². The predicted molar refractivity (Wildman–Crippen MR) is 101 cm³/mol. The molecule has 0 aliphatic heterocycles. The van der Waals surface area contributed by atoms with Crippen LogP contribution in [0.25, 0.3) is 0 Å². The summed E-state index contributed by atoms with van der Waals surface area (Å²) in [5.74, 6) is 4.31. The molecule has 2 aromatic carbocycles. The van der Waals surface area contributed by atoms with Gasteiger partial charge in [-0.1, -0.05) is 47.7 Å². The molecule has 0 heterocycles. The predicted octanol–water partition coefficient (Wildman–Crippen LogP) is 1.62. The van der Waals surface area contributed by atoms with Crippen LogP contribution < -0.4 is 4.72 Å². The fourth-order valence-electron chi connectivity index (χ4n) is 2.19. The molecule has 2 rings (SSSR count). The van der Waals surface area contributed by atoms with E-state index in [0.29, 0.717) is 5.56 Å². The molecule has 0 saturated heterocycles. The van der Waals surface area contributed by atoms with Crippen LogP contribution in [0.5, 0.6) is 0 Å². The molecule has 0 aromatic heterocycles. The van der Waals surface area contributed by atoms with Gasteiger partial charge in [-0.3, -0.25) is 4.79 Å². The summed E-state index contributed by atoms with van der Waals surface area (Å²) < 4.78 is 32.2. The number of carbonyl (C=O) groups is 1. The largest absolute Gasteiger partial charge is 0.465 e. The van der Waals surface area contributed by atoms with Crippen molar-refractivity contribution in [2.45, 2.75) is 30.9 Å². The van der Waals surface area contributed by atoms with Crippen molar-refractivity contribution in [1.82, 2.24) is 4.72 Å². The molecule has 0 radical (unpaired) electrons. The zero-order valence-electron chi connectivity index (χ0n) is 15.0. The second kappa shape index (κ2) is 9.33. The van der Waals surface area contributed by atoms with E-state index in [1.54, 1.807) is 43.3 Å². The maximum absolute atomic E-state index is 12.6. The number of ether oxygens (including phenoxy) is 1. The number of sulfonamides is 1. The van der Waals surface area contributed by atoms with Gasteiger partial charge < -0.3 is 9.84 Å². The highest BCUT2D eigenvalue weighted by Crippen LogP contribution is 2.12. The molecule has 7 heteroatoms. The number of hydrogen-bond acceptors (Lipinski definition) is 5. The minimum Gasteiger partial charge on any atom is -0.465 e. The average Bonchev–Trinajstić information content (AvgIpc) is 2.65. The summed E-state index contributed by atoms with van der Waals surface area (Å²) in [6.45, 7) is 3.46. The number of benzene rings is 2. The first-order chi connectivity index (χ1) is 12.8. The normalized spacial score (nSPS) is 13.1. The van der Waals surface area contributed by atoms with Gasteiger partial charge in [-0.15, -0.1) is 0 Å². The van der Waals surface area contributed by atoms with Crippen LogP contribution in [-0.2, 0) is 19.6 Å². The monoisotopic (exact) mass is 387 g/mol. The Bertz CT molecular complexity index is 928. The van der Waals surface area contributed by atoms with Gasteiger partial charge in [-0.05, 0) is 38.1 Å². The molecule has 0 fully saturated rings. The van der Waals surface area contributed by atoms with Crippen LogP contribution in [0.4, 0.5) is 0 Å². The van der Waals surface area contributed by atoms with Gasteiger partial charge in [0.05, 0.1) is 11.5 Å². The number of aliphatic hydroxyl groups is 1. The third-order valence-electron chi connectivity index (χ3n) is 3.61. The molecular formula is C20H21NO5S. The SMILES string of the molecule is CCOC(=O)[C@H](NS(=O)(=O)c1ccc(C)cc1)[C@H](O)C#Cc1ccccc1. The van der Waals surface area contributed by atoms with Crippen molar-refractivity contribution in [1.29, 1.82) is 0 Å². The molecule has 27 heavy (non-hydrogen) atoms. The fourth-order valence-corrected chi connectivity index (χ4v) is 3.38. The van der Waals surface area contributed by atoms with Crippen molar-refractivity contribution >= 4 is 16.0 Å².